The van der Waals surface area contributed by atoms with Crippen LogP contribution in [0.2, 0.25) is 0 Å². The molecule has 0 atom stereocenters. The van der Waals surface area contributed by atoms with E-state index in [-0.39, 0.29) is 11.5 Å². The number of nitrogen functional groups attached to an aromatic ring is 1. The molecule has 7 heteroatoms. The third-order valence-electron chi connectivity index (χ3n) is 4.10. The lowest BCUT2D eigenvalue weighted by Crippen LogP contribution is -2.26. The zero-order valence-electron chi connectivity index (χ0n) is 14.6. The van der Waals surface area contributed by atoms with E-state index in [2.05, 4.69) is 10.4 Å². The van der Waals surface area contributed by atoms with Crippen molar-refractivity contribution >= 4 is 16.9 Å². The molecular formula is C18H20N4O3. The van der Waals surface area contributed by atoms with Gasteiger partial charge < -0.3 is 9.47 Å². The van der Waals surface area contributed by atoms with Crippen LogP contribution < -0.4 is 26.3 Å². The van der Waals surface area contributed by atoms with E-state index in [1.54, 1.807) is 12.1 Å². The van der Waals surface area contributed by atoms with Crippen molar-refractivity contribution in [1.29, 1.82) is 0 Å². The molecule has 1 heterocycles. The summed E-state index contributed by atoms with van der Waals surface area (Å²) in [5.74, 6) is 6.83. The number of hydrogen-bond acceptors (Lipinski definition) is 6. The highest BCUT2D eigenvalue weighted by molar-refractivity contribution is 5.83. The fraction of sp³-hybridized carbons (Fsp3) is 0.222. The molecule has 25 heavy (non-hydrogen) atoms. The molecule has 0 spiro atoms. The number of aryl methyl sites for hydroxylation is 2. The summed E-state index contributed by atoms with van der Waals surface area (Å²) < 4.78 is 12.0. The molecule has 0 aliphatic rings. The van der Waals surface area contributed by atoms with Crippen LogP contribution in [0.4, 0.5) is 5.95 Å². The zero-order chi connectivity index (χ0) is 18.1. The number of nitrogens with one attached hydrogen (secondary N) is 1. The Kier molecular flexibility index (Phi) is 4.33. The number of hydrogen-bond donors (Lipinski definition) is 2. The second kappa shape index (κ2) is 6.45. The molecule has 0 aliphatic heterocycles. The van der Waals surface area contributed by atoms with E-state index >= 15 is 0 Å². The number of fused-ring (bicyclic) bond motifs is 1. The third-order valence-corrected chi connectivity index (χ3v) is 4.10. The van der Waals surface area contributed by atoms with Gasteiger partial charge in [0.15, 0.2) is 11.5 Å². The lowest BCUT2D eigenvalue weighted by Gasteiger charge is -2.16. The molecule has 0 saturated heterocycles. The Morgan fingerprint density at radius 3 is 2.36 bits per heavy atom. The second-order valence-electron chi connectivity index (χ2n) is 5.73. The summed E-state index contributed by atoms with van der Waals surface area (Å²) >= 11 is 0. The smallest absolute Gasteiger partial charge is 0.267 e. The van der Waals surface area contributed by atoms with Gasteiger partial charge in [0.25, 0.3) is 5.56 Å². The first kappa shape index (κ1) is 16.8. The number of nitrogens with zero attached hydrogens (tertiary/aromatic N) is 2. The van der Waals surface area contributed by atoms with E-state index in [0.29, 0.717) is 28.1 Å². The highest BCUT2D eigenvalue weighted by Gasteiger charge is 2.16. The fourth-order valence-electron chi connectivity index (χ4n) is 2.89. The van der Waals surface area contributed by atoms with Crippen LogP contribution in [0, 0.1) is 13.8 Å². The van der Waals surface area contributed by atoms with Crippen molar-refractivity contribution < 1.29 is 9.47 Å². The number of aromatic nitrogens is 2. The maximum absolute atomic E-state index is 13.1. The summed E-state index contributed by atoms with van der Waals surface area (Å²) in [7, 11) is 3.05. The number of benzene rings is 2. The molecule has 7 nitrogen and oxygen atoms in total. The topological polar surface area (TPSA) is 91.4 Å². The molecule has 3 N–H and O–H groups in total. The van der Waals surface area contributed by atoms with Gasteiger partial charge in [-0.25, -0.2) is 15.4 Å². The quantitative estimate of drug-likeness (QED) is 0.559. The number of hydrazine groups is 1. The van der Waals surface area contributed by atoms with Crippen LogP contribution in [0.1, 0.15) is 11.1 Å². The number of anilines is 1. The summed E-state index contributed by atoms with van der Waals surface area (Å²) in [4.78, 5) is 17.6. The predicted molar refractivity (Wildman–Crippen MR) is 97.7 cm³/mol. The minimum Gasteiger partial charge on any atom is -0.493 e. The van der Waals surface area contributed by atoms with Crippen LogP contribution in [-0.2, 0) is 0 Å². The van der Waals surface area contributed by atoms with Gasteiger partial charge in [0.05, 0.1) is 30.8 Å². The highest BCUT2D eigenvalue weighted by Crippen LogP contribution is 2.31. The van der Waals surface area contributed by atoms with E-state index < -0.39 is 0 Å². The first-order valence-corrected chi connectivity index (χ1v) is 7.73. The van der Waals surface area contributed by atoms with Gasteiger partial charge in [0.1, 0.15) is 0 Å². The molecular weight excluding hydrogens is 320 g/mol. The Labute approximate surface area is 145 Å². The lowest BCUT2D eigenvalue weighted by atomic mass is 10.1. The van der Waals surface area contributed by atoms with Gasteiger partial charge in [-0.15, -0.1) is 0 Å². The normalized spacial score (nSPS) is 10.8. The minimum atomic E-state index is -0.245. The molecule has 0 amide bonds. The van der Waals surface area contributed by atoms with Gasteiger partial charge >= 0.3 is 0 Å². The van der Waals surface area contributed by atoms with Gasteiger partial charge in [-0.3, -0.25) is 10.2 Å². The molecule has 0 radical (unpaired) electrons. The van der Waals surface area contributed by atoms with Gasteiger partial charge in [-0.05, 0) is 31.5 Å². The lowest BCUT2D eigenvalue weighted by molar-refractivity contribution is 0.355. The zero-order valence-corrected chi connectivity index (χ0v) is 14.6. The van der Waals surface area contributed by atoms with Gasteiger partial charge in [0, 0.05) is 6.07 Å². The Morgan fingerprint density at radius 1 is 1.08 bits per heavy atom. The molecule has 0 aliphatic carbocycles. The standard InChI is InChI=1S/C18H20N4O3/c1-10-5-6-14(11(2)7-10)22-17(23)12-8-15(24-3)16(25-4)9-13(12)20-18(22)21-19/h5-9H,19H2,1-4H3,(H,20,21). The van der Waals surface area contributed by atoms with E-state index in [4.69, 9.17) is 15.3 Å². The van der Waals surface area contributed by atoms with Crippen molar-refractivity contribution in [2.45, 2.75) is 13.8 Å². The largest absolute Gasteiger partial charge is 0.493 e. The first-order valence-electron chi connectivity index (χ1n) is 7.73. The summed E-state index contributed by atoms with van der Waals surface area (Å²) in [5.41, 5.74) is 5.51. The third kappa shape index (κ3) is 2.78. The van der Waals surface area contributed by atoms with Crippen molar-refractivity contribution in [2.24, 2.45) is 5.84 Å². The monoisotopic (exact) mass is 340 g/mol. The SMILES string of the molecule is COc1cc2nc(NN)n(-c3ccc(C)cc3C)c(=O)c2cc1OC. The molecule has 0 fully saturated rings. The van der Waals surface area contributed by atoms with Crippen molar-refractivity contribution in [1.82, 2.24) is 9.55 Å². The Bertz CT molecular complexity index is 1010. The Morgan fingerprint density at radius 2 is 1.76 bits per heavy atom. The molecule has 3 rings (SSSR count). The van der Waals surface area contributed by atoms with Gasteiger partial charge in [0.2, 0.25) is 5.95 Å². The molecule has 0 unspecified atom stereocenters. The predicted octanol–water partition coefficient (Wildman–Crippen LogP) is 2.31. The van der Waals surface area contributed by atoms with Crippen molar-refractivity contribution in [3.8, 4) is 17.2 Å². The maximum Gasteiger partial charge on any atom is 0.267 e. The summed E-state index contributed by atoms with van der Waals surface area (Å²) in [6.07, 6.45) is 0. The van der Waals surface area contributed by atoms with E-state index in [1.165, 1.54) is 18.8 Å². The van der Waals surface area contributed by atoms with E-state index in [0.717, 1.165) is 11.1 Å². The number of nitrogens with two attached hydrogens (primary N) is 1. The summed E-state index contributed by atoms with van der Waals surface area (Å²) in [5, 5.41) is 0.414. The summed E-state index contributed by atoms with van der Waals surface area (Å²) in [6.45, 7) is 3.94. The van der Waals surface area contributed by atoms with Crippen molar-refractivity contribution in [3.63, 3.8) is 0 Å². The van der Waals surface area contributed by atoms with Crippen LogP contribution in [0.15, 0.2) is 35.1 Å². The average Bonchev–Trinajstić information content (AvgIpc) is 2.61. The summed E-state index contributed by atoms with van der Waals surface area (Å²) in [6, 6.07) is 9.10. The van der Waals surface area contributed by atoms with Crippen LogP contribution in [0.3, 0.4) is 0 Å². The van der Waals surface area contributed by atoms with Gasteiger partial charge in [-0.2, -0.15) is 0 Å². The van der Waals surface area contributed by atoms with E-state index in [9.17, 15) is 4.79 Å². The average molecular weight is 340 g/mol. The molecule has 1 aromatic heterocycles. The molecule has 3 aromatic rings. The molecule has 0 saturated carbocycles. The minimum absolute atomic E-state index is 0.245. The number of methoxy groups -OCH3 is 2. The Balaban J connectivity index is 2.39. The first-order chi connectivity index (χ1) is 12.0. The number of rotatable bonds is 4. The number of ether oxygens (including phenoxy) is 2. The second-order valence-corrected chi connectivity index (χ2v) is 5.73. The van der Waals surface area contributed by atoms with Crippen molar-refractivity contribution in [3.05, 3.63) is 51.8 Å². The molecule has 2 aromatic carbocycles. The van der Waals surface area contributed by atoms with Crippen LogP contribution in [-0.4, -0.2) is 23.8 Å². The Hall–Kier alpha value is -3.06. The fourth-order valence-corrected chi connectivity index (χ4v) is 2.89. The van der Waals surface area contributed by atoms with Gasteiger partial charge in [-0.1, -0.05) is 17.7 Å². The van der Waals surface area contributed by atoms with Crippen LogP contribution in [0.5, 0.6) is 11.5 Å². The van der Waals surface area contributed by atoms with Crippen LogP contribution in [0.25, 0.3) is 16.6 Å². The molecule has 0 bridgehead atoms. The highest BCUT2D eigenvalue weighted by atomic mass is 16.5. The molecule has 130 valence electrons. The maximum atomic E-state index is 13.1. The van der Waals surface area contributed by atoms with E-state index in [1.807, 2.05) is 32.0 Å². The van der Waals surface area contributed by atoms with Crippen molar-refractivity contribution in [2.75, 3.05) is 19.6 Å². The van der Waals surface area contributed by atoms with Crippen LogP contribution >= 0.6 is 0 Å².